The molecule has 0 saturated carbocycles. The van der Waals surface area contributed by atoms with Gasteiger partial charge in [0.05, 0.1) is 17.7 Å². The number of carbonyl (C=O) groups is 1. The maximum absolute atomic E-state index is 10.2. The highest BCUT2D eigenvalue weighted by atomic mass is 16.4. The van der Waals surface area contributed by atoms with Gasteiger partial charge in [-0.15, -0.1) is 4.91 Å². The first-order chi connectivity index (χ1) is 5.11. The van der Waals surface area contributed by atoms with E-state index in [-0.39, 0.29) is 12.5 Å². The molecule has 0 bridgehead atoms. The van der Waals surface area contributed by atoms with Gasteiger partial charge in [0, 0.05) is 6.54 Å². The lowest BCUT2D eigenvalue weighted by Gasteiger charge is -2.18. The maximum atomic E-state index is 10.2. The molecule has 5 nitrogen and oxygen atoms in total. The number of nitroso groups, excluding NO2 is 1. The Hall–Kier alpha value is -1.13. The van der Waals surface area contributed by atoms with Crippen LogP contribution in [0, 0.1) is 4.91 Å². The lowest BCUT2D eigenvalue weighted by atomic mass is 10.2. The molecule has 11 heavy (non-hydrogen) atoms. The van der Waals surface area contributed by atoms with Crippen LogP contribution in [0.2, 0.25) is 0 Å². The molecule has 0 aromatic heterocycles. The van der Waals surface area contributed by atoms with Gasteiger partial charge < -0.3 is 5.11 Å². The third-order valence-corrected chi connectivity index (χ3v) is 1.41. The topological polar surface area (TPSA) is 70.0 Å². The molecule has 5 heteroatoms. The standard InChI is InChI=1S/C6H12N2O3/c1-3-8(7-11)5(2)4-6(9)10/h5H,3-4H2,1-2H3,(H,9,10). The van der Waals surface area contributed by atoms with E-state index in [2.05, 4.69) is 5.29 Å². The van der Waals surface area contributed by atoms with Gasteiger partial charge in [-0.05, 0) is 13.8 Å². The number of nitrogens with zero attached hydrogens (tertiary/aromatic N) is 2. The molecule has 0 aromatic carbocycles. The highest BCUT2D eigenvalue weighted by Gasteiger charge is 2.13. The second-order valence-electron chi connectivity index (χ2n) is 2.28. The summed E-state index contributed by atoms with van der Waals surface area (Å²) in [6, 6.07) is -0.324. The largest absolute Gasteiger partial charge is 0.481 e. The minimum Gasteiger partial charge on any atom is -0.481 e. The quantitative estimate of drug-likeness (QED) is 0.478. The van der Waals surface area contributed by atoms with E-state index in [9.17, 15) is 9.70 Å². The van der Waals surface area contributed by atoms with Gasteiger partial charge in [0.15, 0.2) is 0 Å². The van der Waals surface area contributed by atoms with Crippen molar-refractivity contribution >= 4 is 5.97 Å². The molecule has 0 radical (unpaired) electrons. The summed E-state index contributed by atoms with van der Waals surface area (Å²) in [4.78, 5) is 20.2. The van der Waals surface area contributed by atoms with Crippen molar-refractivity contribution in [2.24, 2.45) is 5.29 Å². The molecule has 1 N–H and O–H groups in total. The smallest absolute Gasteiger partial charge is 0.305 e. The van der Waals surface area contributed by atoms with E-state index < -0.39 is 5.97 Å². The van der Waals surface area contributed by atoms with Crippen LogP contribution in [-0.4, -0.2) is 28.7 Å². The van der Waals surface area contributed by atoms with E-state index >= 15 is 0 Å². The zero-order chi connectivity index (χ0) is 8.85. The van der Waals surface area contributed by atoms with Gasteiger partial charge >= 0.3 is 5.97 Å². The van der Waals surface area contributed by atoms with Crippen LogP contribution in [-0.2, 0) is 4.79 Å². The van der Waals surface area contributed by atoms with Crippen molar-refractivity contribution in [3.05, 3.63) is 4.91 Å². The fourth-order valence-corrected chi connectivity index (χ4v) is 0.808. The Morgan fingerprint density at radius 2 is 2.27 bits per heavy atom. The van der Waals surface area contributed by atoms with Gasteiger partial charge in [-0.2, -0.15) is 0 Å². The number of carboxylic acids is 1. The molecule has 0 amide bonds. The van der Waals surface area contributed by atoms with E-state index in [1.165, 1.54) is 5.01 Å². The van der Waals surface area contributed by atoms with Gasteiger partial charge in [0.1, 0.15) is 0 Å². The van der Waals surface area contributed by atoms with E-state index in [1.807, 2.05) is 0 Å². The molecular formula is C6H12N2O3. The first-order valence-corrected chi connectivity index (χ1v) is 3.43. The zero-order valence-electron chi connectivity index (χ0n) is 6.65. The van der Waals surface area contributed by atoms with Gasteiger partial charge in [0.2, 0.25) is 0 Å². The van der Waals surface area contributed by atoms with Gasteiger partial charge in [0.25, 0.3) is 0 Å². The molecule has 0 saturated heterocycles. The Morgan fingerprint density at radius 3 is 2.55 bits per heavy atom. The molecule has 0 rings (SSSR count). The van der Waals surface area contributed by atoms with Crippen molar-refractivity contribution in [2.75, 3.05) is 6.54 Å². The minimum atomic E-state index is -0.917. The number of hydrogen-bond donors (Lipinski definition) is 1. The van der Waals surface area contributed by atoms with E-state index in [4.69, 9.17) is 5.11 Å². The Morgan fingerprint density at radius 1 is 1.73 bits per heavy atom. The summed E-state index contributed by atoms with van der Waals surface area (Å²) in [5.74, 6) is -0.917. The third-order valence-electron chi connectivity index (χ3n) is 1.41. The van der Waals surface area contributed by atoms with Crippen molar-refractivity contribution in [3.8, 4) is 0 Å². The van der Waals surface area contributed by atoms with Crippen LogP contribution < -0.4 is 0 Å². The summed E-state index contributed by atoms with van der Waals surface area (Å²) in [5, 5.41) is 12.2. The average molecular weight is 160 g/mol. The minimum absolute atomic E-state index is 0.0560. The number of rotatable bonds is 5. The molecule has 1 unspecified atom stereocenters. The van der Waals surface area contributed by atoms with Crippen molar-refractivity contribution in [1.29, 1.82) is 0 Å². The van der Waals surface area contributed by atoms with Gasteiger partial charge in [-0.1, -0.05) is 0 Å². The number of carboxylic acid groups (broad SMARTS) is 1. The molecule has 0 heterocycles. The van der Waals surface area contributed by atoms with Crippen molar-refractivity contribution < 1.29 is 9.90 Å². The van der Waals surface area contributed by atoms with Crippen LogP contribution >= 0.6 is 0 Å². The van der Waals surface area contributed by atoms with Crippen LogP contribution in [0.5, 0.6) is 0 Å². The average Bonchev–Trinajstić information content (AvgIpc) is 1.88. The molecule has 0 aliphatic rings. The monoisotopic (exact) mass is 160 g/mol. The fourth-order valence-electron chi connectivity index (χ4n) is 0.808. The van der Waals surface area contributed by atoms with E-state index in [0.717, 1.165) is 0 Å². The summed E-state index contributed by atoms with van der Waals surface area (Å²) in [5.41, 5.74) is 0. The van der Waals surface area contributed by atoms with Crippen LogP contribution in [0.4, 0.5) is 0 Å². The van der Waals surface area contributed by atoms with Crippen LogP contribution in [0.1, 0.15) is 20.3 Å². The number of hydrogen-bond acceptors (Lipinski definition) is 3. The number of aliphatic carboxylic acids is 1. The summed E-state index contributed by atoms with van der Waals surface area (Å²) in [7, 11) is 0. The predicted octanol–water partition coefficient (Wildman–Crippen LogP) is 0.853. The lowest BCUT2D eigenvalue weighted by Crippen LogP contribution is -2.29. The lowest BCUT2D eigenvalue weighted by molar-refractivity contribution is -0.138. The zero-order valence-corrected chi connectivity index (χ0v) is 6.65. The molecule has 0 fully saturated rings. The first-order valence-electron chi connectivity index (χ1n) is 3.43. The van der Waals surface area contributed by atoms with Gasteiger partial charge in [-0.3, -0.25) is 9.80 Å². The fraction of sp³-hybridized carbons (Fsp3) is 0.833. The Bertz CT molecular complexity index is 149. The molecule has 1 atom stereocenters. The van der Waals surface area contributed by atoms with Gasteiger partial charge in [-0.25, -0.2) is 0 Å². The summed E-state index contributed by atoms with van der Waals surface area (Å²) in [6.45, 7) is 3.84. The van der Waals surface area contributed by atoms with Crippen LogP contribution in [0.3, 0.4) is 0 Å². The molecule has 0 aromatic rings. The van der Waals surface area contributed by atoms with Crippen molar-refractivity contribution in [2.45, 2.75) is 26.3 Å². The molecule has 0 aliphatic heterocycles. The third kappa shape index (κ3) is 3.54. The molecule has 0 spiro atoms. The summed E-state index contributed by atoms with van der Waals surface area (Å²) >= 11 is 0. The predicted molar refractivity (Wildman–Crippen MR) is 39.9 cm³/mol. The summed E-state index contributed by atoms with van der Waals surface area (Å²) in [6.07, 6.45) is -0.0560. The molecule has 0 aliphatic carbocycles. The van der Waals surface area contributed by atoms with Crippen molar-refractivity contribution in [1.82, 2.24) is 5.01 Å². The maximum Gasteiger partial charge on any atom is 0.305 e. The Balaban J connectivity index is 3.87. The van der Waals surface area contributed by atoms with Crippen molar-refractivity contribution in [3.63, 3.8) is 0 Å². The second-order valence-corrected chi connectivity index (χ2v) is 2.28. The highest BCUT2D eigenvalue weighted by Crippen LogP contribution is 2.02. The van der Waals surface area contributed by atoms with E-state index in [1.54, 1.807) is 13.8 Å². The molecular weight excluding hydrogens is 148 g/mol. The normalized spacial score (nSPS) is 12.2. The molecule has 64 valence electrons. The Kier molecular flexibility index (Phi) is 4.17. The highest BCUT2D eigenvalue weighted by molar-refractivity contribution is 5.67. The van der Waals surface area contributed by atoms with Crippen LogP contribution in [0.15, 0.2) is 5.29 Å². The Labute approximate surface area is 64.9 Å². The second kappa shape index (κ2) is 4.65. The first kappa shape index (κ1) is 9.87. The SMILES string of the molecule is CCN(N=O)C(C)CC(=O)O. The summed E-state index contributed by atoms with van der Waals surface area (Å²) < 4.78 is 0. The van der Waals surface area contributed by atoms with E-state index in [0.29, 0.717) is 6.54 Å². The van der Waals surface area contributed by atoms with Crippen LogP contribution in [0.25, 0.3) is 0 Å².